The molecule has 0 bridgehead atoms. The van der Waals surface area contributed by atoms with Crippen molar-refractivity contribution in [3.05, 3.63) is 29.8 Å². The monoisotopic (exact) mass is 408 g/mol. The molecule has 3 rings (SSSR count). The van der Waals surface area contributed by atoms with Crippen LogP contribution in [0, 0.1) is 11.8 Å². The van der Waals surface area contributed by atoms with Crippen LogP contribution < -0.4 is 4.74 Å². The number of rotatable bonds is 6. The number of hydrogen-bond acceptors (Lipinski definition) is 4. The minimum Gasteiger partial charge on any atom is -0.497 e. The Bertz CT molecular complexity index is 776. The zero-order valence-corrected chi connectivity index (χ0v) is 18.0. The van der Waals surface area contributed by atoms with Crippen molar-refractivity contribution in [2.45, 2.75) is 44.8 Å². The highest BCUT2D eigenvalue weighted by Crippen LogP contribution is 2.34. The summed E-state index contributed by atoms with van der Waals surface area (Å²) in [7, 11) is -1.62. The first-order valence-corrected chi connectivity index (χ1v) is 11.7. The summed E-state index contributed by atoms with van der Waals surface area (Å²) in [5, 5.41) is -0.335. The number of hydrogen-bond donors (Lipinski definition) is 0. The SMILES string of the molecule is COc1ccc(CC(=O)N2CC[C@@H]3CN(CCC(C)C)S(=O)(=O)[C@@H]3CC2)cc1. The van der Waals surface area contributed by atoms with Crippen LogP contribution in [0.3, 0.4) is 0 Å². The van der Waals surface area contributed by atoms with Gasteiger partial charge in [-0.3, -0.25) is 4.79 Å². The first-order valence-electron chi connectivity index (χ1n) is 10.2. The summed E-state index contributed by atoms with van der Waals surface area (Å²) >= 11 is 0. The van der Waals surface area contributed by atoms with Crippen molar-refractivity contribution in [2.75, 3.05) is 33.3 Å². The molecule has 2 aliphatic rings. The van der Waals surface area contributed by atoms with E-state index in [2.05, 4.69) is 13.8 Å². The van der Waals surface area contributed by atoms with E-state index >= 15 is 0 Å². The van der Waals surface area contributed by atoms with E-state index in [0.717, 1.165) is 24.2 Å². The van der Waals surface area contributed by atoms with E-state index in [0.29, 0.717) is 44.9 Å². The van der Waals surface area contributed by atoms with Crippen LogP contribution in [0.1, 0.15) is 38.7 Å². The van der Waals surface area contributed by atoms with Crippen molar-refractivity contribution >= 4 is 15.9 Å². The molecule has 0 aromatic heterocycles. The average molecular weight is 409 g/mol. The van der Waals surface area contributed by atoms with Gasteiger partial charge in [-0.25, -0.2) is 12.7 Å². The number of ether oxygens (including phenoxy) is 1. The zero-order valence-electron chi connectivity index (χ0n) is 17.1. The highest BCUT2D eigenvalue weighted by molar-refractivity contribution is 7.90. The minimum absolute atomic E-state index is 0.0687. The maximum atomic E-state index is 12.9. The third kappa shape index (κ3) is 4.69. The molecule has 1 amide bonds. The van der Waals surface area contributed by atoms with Gasteiger partial charge in [0.1, 0.15) is 5.75 Å². The van der Waals surface area contributed by atoms with Crippen LogP contribution in [-0.2, 0) is 21.2 Å². The van der Waals surface area contributed by atoms with Gasteiger partial charge in [0.15, 0.2) is 0 Å². The van der Waals surface area contributed by atoms with Crippen molar-refractivity contribution < 1.29 is 17.9 Å². The lowest BCUT2D eigenvalue weighted by Gasteiger charge is -2.22. The molecule has 28 heavy (non-hydrogen) atoms. The summed E-state index contributed by atoms with van der Waals surface area (Å²) in [6.07, 6.45) is 2.54. The normalized spacial score (nSPS) is 24.8. The molecule has 2 aliphatic heterocycles. The molecule has 2 saturated heterocycles. The van der Waals surface area contributed by atoms with E-state index in [-0.39, 0.29) is 17.1 Å². The molecule has 0 saturated carbocycles. The summed E-state index contributed by atoms with van der Waals surface area (Å²) < 4.78 is 32.7. The second-order valence-electron chi connectivity index (χ2n) is 8.37. The fourth-order valence-corrected chi connectivity index (χ4v) is 6.45. The lowest BCUT2D eigenvalue weighted by Crippen LogP contribution is -2.36. The Morgan fingerprint density at radius 1 is 1.18 bits per heavy atom. The van der Waals surface area contributed by atoms with E-state index in [1.54, 1.807) is 11.4 Å². The Labute approximate surface area is 168 Å². The van der Waals surface area contributed by atoms with Crippen LogP contribution in [0.4, 0.5) is 0 Å². The first kappa shape index (κ1) is 21.1. The molecule has 0 radical (unpaired) electrons. The molecule has 6 nitrogen and oxygen atoms in total. The summed E-state index contributed by atoms with van der Waals surface area (Å²) in [6, 6.07) is 7.52. The van der Waals surface area contributed by atoms with Crippen molar-refractivity contribution in [3.63, 3.8) is 0 Å². The predicted octanol–water partition coefficient (Wildman–Crippen LogP) is 2.54. The van der Waals surface area contributed by atoms with E-state index in [4.69, 9.17) is 4.74 Å². The standard InChI is InChI=1S/C21H32N2O4S/c1-16(2)8-13-23-15-18-9-11-22(12-10-20(18)28(23,25)26)21(24)14-17-4-6-19(27-3)7-5-17/h4-7,16,18,20H,8-15H2,1-3H3/t18-,20-/m1/s1. The van der Waals surface area contributed by atoms with Gasteiger partial charge in [-0.05, 0) is 48.8 Å². The van der Waals surface area contributed by atoms with Crippen molar-refractivity contribution in [2.24, 2.45) is 11.8 Å². The van der Waals surface area contributed by atoms with Gasteiger partial charge in [0.2, 0.25) is 15.9 Å². The maximum Gasteiger partial charge on any atom is 0.226 e. The molecule has 156 valence electrons. The Balaban J connectivity index is 1.59. The van der Waals surface area contributed by atoms with Crippen LogP contribution in [0.5, 0.6) is 5.75 Å². The third-order valence-corrected chi connectivity index (χ3v) is 8.42. The van der Waals surface area contributed by atoms with Crippen molar-refractivity contribution in [1.82, 2.24) is 9.21 Å². The molecular weight excluding hydrogens is 376 g/mol. The van der Waals surface area contributed by atoms with Gasteiger partial charge in [-0.1, -0.05) is 26.0 Å². The van der Waals surface area contributed by atoms with Gasteiger partial charge in [0.25, 0.3) is 0 Å². The molecule has 0 spiro atoms. The molecule has 2 heterocycles. The number of sulfonamides is 1. The van der Waals surface area contributed by atoms with Crippen molar-refractivity contribution in [3.8, 4) is 5.75 Å². The van der Waals surface area contributed by atoms with Crippen LogP contribution in [0.15, 0.2) is 24.3 Å². The molecule has 1 aromatic rings. The molecule has 2 atom stereocenters. The second kappa shape index (κ2) is 8.82. The maximum absolute atomic E-state index is 12.9. The van der Waals surface area contributed by atoms with E-state index in [9.17, 15) is 13.2 Å². The topological polar surface area (TPSA) is 66.9 Å². The van der Waals surface area contributed by atoms with Gasteiger partial charge in [0.05, 0.1) is 18.8 Å². The Kier molecular flexibility index (Phi) is 6.65. The summed E-state index contributed by atoms with van der Waals surface area (Å²) in [4.78, 5) is 14.6. The number of fused-ring (bicyclic) bond motifs is 1. The van der Waals surface area contributed by atoms with Crippen LogP contribution in [-0.4, -0.2) is 62.1 Å². The van der Waals surface area contributed by atoms with Gasteiger partial charge >= 0.3 is 0 Å². The molecule has 0 N–H and O–H groups in total. The van der Waals surface area contributed by atoms with Gasteiger partial charge in [-0.2, -0.15) is 0 Å². The van der Waals surface area contributed by atoms with Gasteiger partial charge in [-0.15, -0.1) is 0 Å². The molecule has 0 unspecified atom stereocenters. The molecular formula is C21H32N2O4S. The number of benzene rings is 1. The summed E-state index contributed by atoms with van der Waals surface area (Å²) in [6.45, 7) is 6.63. The number of likely N-dealkylation sites (tertiary alicyclic amines) is 1. The zero-order chi connectivity index (χ0) is 20.3. The smallest absolute Gasteiger partial charge is 0.226 e. The number of carbonyl (C=O) groups excluding carboxylic acids is 1. The lowest BCUT2D eigenvalue weighted by atomic mass is 10.0. The molecule has 1 aromatic carbocycles. The number of nitrogens with zero attached hydrogens (tertiary/aromatic N) is 2. The van der Waals surface area contributed by atoms with Crippen LogP contribution in [0.2, 0.25) is 0 Å². The average Bonchev–Trinajstić information content (AvgIpc) is 2.80. The van der Waals surface area contributed by atoms with E-state index in [1.165, 1.54) is 0 Å². The summed E-state index contributed by atoms with van der Waals surface area (Å²) in [5.41, 5.74) is 0.947. The first-order chi connectivity index (χ1) is 13.3. The molecule has 7 heteroatoms. The van der Waals surface area contributed by atoms with Gasteiger partial charge in [0, 0.05) is 26.2 Å². The molecule has 0 aliphatic carbocycles. The quantitative estimate of drug-likeness (QED) is 0.725. The largest absolute Gasteiger partial charge is 0.497 e. The van der Waals surface area contributed by atoms with E-state index < -0.39 is 10.0 Å². The second-order valence-corrected chi connectivity index (χ2v) is 10.5. The highest BCUT2D eigenvalue weighted by atomic mass is 32.2. The minimum atomic E-state index is -3.24. The number of methoxy groups -OCH3 is 1. The third-order valence-electron chi connectivity index (χ3n) is 5.98. The fourth-order valence-electron chi connectivity index (χ4n) is 4.20. The van der Waals surface area contributed by atoms with E-state index in [1.807, 2.05) is 29.2 Å². The predicted molar refractivity (Wildman–Crippen MR) is 110 cm³/mol. The highest BCUT2D eigenvalue weighted by Gasteiger charge is 2.46. The summed E-state index contributed by atoms with van der Waals surface area (Å²) in [5.74, 6) is 1.47. The van der Waals surface area contributed by atoms with Crippen LogP contribution >= 0.6 is 0 Å². The van der Waals surface area contributed by atoms with Crippen LogP contribution in [0.25, 0.3) is 0 Å². The fraction of sp³-hybridized carbons (Fsp3) is 0.667. The lowest BCUT2D eigenvalue weighted by molar-refractivity contribution is -0.130. The number of carbonyl (C=O) groups is 1. The Hall–Kier alpha value is -1.60. The van der Waals surface area contributed by atoms with Gasteiger partial charge < -0.3 is 9.64 Å². The Morgan fingerprint density at radius 2 is 1.86 bits per heavy atom. The Morgan fingerprint density at radius 3 is 2.50 bits per heavy atom. The molecule has 2 fully saturated rings. The number of amides is 1. The van der Waals surface area contributed by atoms with Crippen molar-refractivity contribution in [1.29, 1.82) is 0 Å².